The van der Waals surface area contributed by atoms with Gasteiger partial charge in [0.05, 0.1) is 6.42 Å². The number of carbonyl (C=O) groups is 2. The van der Waals surface area contributed by atoms with Gasteiger partial charge in [0.15, 0.2) is 0 Å². The Morgan fingerprint density at radius 3 is 2.53 bits per heavy atom. The molecule has 0 saturated heterocycles. The van der Waals surface area contributed by atoms with Crippen LogP contribution in [0.2, 0.25) is 0 Å². The second-order valence-electron chi connectivity index (χ2n) is 5.68. The highest BCUT2D eigenvalue weighted by atomic mass is 16.4. The summed E-state index contributed by atoms with van der Waals surface area (Å²) in [5.41, 5.74) is 0.277. The predicted molar refractivity (Wildman–Crippen MR) is 62.6 cm³/mol. The lowest BCUT2D eigenvalue weighted by atomic mass is 10.1. The van der Waals surface area contributed by atoms with Crippen molar-refractivity contribution in [2.75, 3.05) is 6.54 Å². The van der Waals surface area contributed by atoms with Crippen LogP contribution in [0.15, 0.2) is 0 Å². The average Bonchev–Trinajstić information content (AvgIpc) is 3.08. The van der Waals surface area contributed by atoms with Gasteiger partial charge >= 0.3 is 12.0 Å². The minimum absolute atomic E-state index is 0.0232. The van der Waals surface area contributed by atoms with Gasteiger partial charge in [-0.25, -0.2) is 4.79 Å². The minimum Gasteiger partial charge on any atom is -0.481 e. The lowest BCUT2D eigenvalue weighted by molar-refractivity contribution is -0.137. The quantitative estimate of drug-likeness (QED) is 0.655. The number of urea groups is 1. The second-order valence-corrected chi connectivity index (χ2v) is 5.68. The van der Waals surface area contributed by atoms with Crippen LogP contribution < -0.4 is 10.6 Å². The molecule has 2 fully saturated rings. The number of hydrogen-bond donors (Lipinski definition) is 3. The molecular formula is C12H20N2O3. The molecule has 17 heavy (non-hydrogen) atoms. The van der Waals surface area contributed by atoms with Crippen LogP contribution in [-0.2, 0) is 4.79 Å². The van der Waals surface area contributed by atoms with Crippen molar-refractivity contribution in [2.45, 2.75) is 45.1 Å². The first-order valence-corrected chi connectivity index (χ1v) is 6.25. The Morgan fingerprint density at radius 1 is 1.41 bits per heavy atom. The fourth-order valence-electron chi connectivity index (χ4n) is 1.93. The highest BCUT2D eigenvalue weighted by Crippen LogP contribution is 2.44. The molecule has 0 aromatic heterocycles. The van der Waals surface area contributed by atoms with Crippen LogP contribution in [0.1, 0.15) is 39.0 Å². The summed E-state index contributed by atoms with van der Waals surface area (Å²) >= 11 is 0. The molecule has 2 saturated carbocycles. The van der Waals surface area contributed by atoms with Crippen LogP contribution in [0, 0.1) is 11.3 Å². The van der Waals surface area contributed by atoms with Crippen LogP contribution in [0.5, 0.6) is 0 Å². The van der Waals surface area contributed by atoms with E-state index in [1.807, 2.05) is 0 Å². The number of hydrogen-bond acceptors (Lipinski definition) is 2. The fourth-order valence-corrected chi connectivity index (χ4v) is 1.93. The maximum absolute atomic E-state index is 11.6. The lowest BCUT2D eigenvalue weighted by Gasteiger charge is -2.18. The van der Waals surface area contributed by atoms with E-state index in [9.17, 15) is 9.59 Å². The normalized spacial score (nSPS) is 22.6. The number of carboxylic acid groups (broad SMARTS) is 1. The van der Waals surface area contributed by atoms with Gasteiger partial charge < -0.3 is 15.7 Å². The zero-order chi connectivity index (χ0) is 12.5. The van der Waals surface area contributed by atoms with Gasteiger partial charge in [-0.2, -0.15) is 0 Å². The molecule has 0 bridgehead atoms. The van der Waals surface area contributed by atoms with E-state index in [0.717, 1.165) is 25.7 Å². The molecule has 2 rings (SSSR count). The first kappa shape index (κ1) is 12.2. The Bertz CT molecular complexity index is 322. The highest BCUT2D eigenvalue weighted by Gasteiger charge is 2.38. The molecule has 0 radical (unpaired) electrons. The predicted octanol–water partition coefficient (Wildman–Crippen LogP) is 1.34. The van der Waals surface area contributed by atoms with E-state index in [1.165, 1.54) is 0 Å². The first-order valence-electron chi connectivity index (χ1n) is 6.25. The molecule has 0 aromatic carbocycles. The molecule has 1 unspecified atom stereocenters. The fraction of sp³-hybridized carbons (Fsp3) is 0.833. The van der Waals surface area contributed by atoms with Crippen LogP contribution in [0.3, 0.4) is 0 Å². The van der Waals surface area contributed by atoms with E-state index in [0.29, 0.717) is 12.5 Å². The van der Waals surface area contributed by atoms with Gasteiger partial charge in [0.2, 0.25) is 0 Å². The molecule has 0 aromatic rings. The van der Waals surface area contributed by atoms with Gasteiger partial charge in [-0.15, -0.1) is 0 Å². The zero-order valence-corrected chi connectivity index (χ0v) is 10.2. The lowest BCUT2D eigenvalue weighted by Crippen LogP contribution is -2.45. The van der Waals surface area contributed by atoms with Crippen molar-refractivity contribution in [3.8, 4) is 0 Å². The average molecular weight is 240 g/mol. The zero-order valence-electron chi connectivity index (χ0n) is 10.2. The summed E-state index contributed by atoms with van der Waals surface area (Å²) in [6, 6.07) is -0.434. The van der Waals surface area contributed by atoms with Gasteiger partial charge in [0.25, 0.3) is 0 Å². The first-order chi connectivity index (χ1) is 7.98. The van der Waals surface area contributed by atoms with Crippen molar-refractivity contribution in [1.82, 2.24) is 10.6 Å². The van der Waals surface area contributed by atoms with Crippen molar-refractivity contribution < 1.29 is 14.7 Å². The summed E-state index contributed by atoms with van der Waals surface area (Å²) < 4.78 is 0. The number of carbonyl (C=O) groups excluding carboxylic acids is 1. The summed E-state index contributed by atoms with van der Waals surface area (Å²) in [6.07, 6.45) is 4.39. The van der Waals surface area contributed by atoms with E-state index in [4.69, 9.17) is 5.11 Å². The topological polar surface area (TPSA) is 78.4 Å². The molecule has 2 aliphatic rings. The minimum atomic E-state index is -0.851. The van der Waals surface area contributed by atoms with Gasteiger partial charge in [-0.3, -0.25) is 4.79 Å². The number of amides is 2. The van der Waals surface area contributed by atoms with Crippen molar-refractivity contribution >= 4 is 12.0 Å². The molecule has 0 spiro atoms. The summed E-state index contributed by atoms with van der Waals surface area (Å²) in [5, 5.41) is 14.4. The van der Waals surface area contributed by atoms with Gasteiger partial charge in [0.1, 0.15) is 0 Å². The maximum atomic E-state index is 11.6. The van der Waals surface area contributed by atoms with Crippen molar-refractivity contribution in [2.24, 2.45) is 11.3 Å². The molecule has 2 aliphatic carbocycles. The highest BCUT2D eigenvalue weighted by molar-refractivity contribution is 5.76. The van der Waals surface area contributed by atoms with E-state index in [-0.39, 0.29) is 23.9 Å². The van der Waals surface area contributed by atoms with Crippen molar-refractivity contribution in [3.63, 3.8) is 0 Å². The van der Waals surface area contributed by atoms with E-state index in [2.05, 4.69) is 17.6 Å². The smallest absolute Gasteiger partial charge is 0.315 e. The van der Waals surface area contributed by atoms with E-state index >= 15 is 0 Å². The second kappa shape index (κ2) is 4.55. The molecule has 1 atom stereocenters. The maximum Gasteiger partial charge on any atom is 0.315 e. The number of carboxylic acids is 1. The molecule has 5 heteroatoms. The van der Waals surface area contributed by atoms with Crippen LogP contribution in [0.4, 0.5) is 4.79 Å². The van der Waals surface area contributed by atoms with Gasteiger partial charge in [-0.1, -0.05) is 6.92 Å². The third-order valence-electron chi connectivity index (χ3n) is 3.68. The molecule has 0 aliphatic heterocycles. The number of aliphatic carboxylic acids is 1. The number of nitrogens with one attached hydrogen (secondary N) is 2. The standard InChI is InChI=1S/C12H20N2O3/c1-12(4-5-12)7-13-11(17)14-9(6-10(15)16)8-2-3-8/h8-9H,2-7H2,1H3,(H,15,16)(H2,13,14,17). The summed E-state index contributed by atoms with van der Waals surface area (Å²) in [6.45, 7) is 2.83. The molecular weight excluding hydrogens is 220 g/mol. The largest absolute Gasteiger partial charge is 0.481 e. The third kappa shape index (κ3) is 3.91. The third-order valence-corrected chi connectivity index (χ3v) is 3.68. The Balaban J connectivity index is 1.72. The van der Waals surface area contributed by atoms with Crippen molar-refractivity contribution in [3.05, 3.63) is 0 Å². The summed E-state index contributed by atoms with van der Waals surface area (Å²) in [5.74, 6) is -0.496. The number of rotatable bonds is 6. The SMILES string of the molecule is CC1(CNC(=O)NC(CC(=O)O)C2CC2)CC1. The molecule has 96 valence electrons. The summed E-state index contributed by atoms with van der Waals surface area (Å²) in [7, 11) is 0. The van der Waals surface area contributed by atoms with Gasteiger partial charge in [-0.05, 0) is 37.0 Å². The molecule has 5 nitrogen and oxygen atoms in total. The van der Waals surface area contributed by atoms with Crippen LogP contribution in [0.25, 0.3) is 0 Å². The molecule has 3 N–H and O–H groups in total. The Kier molecular flexibility index (Phi) is 3.26. The Hall–Kier alpha value is -1.26. The molecule has 2 amide bonds. The van der Waals surface area contributed by atoms with E-state index in [1.54, 1.807) is 0 Å². The van der Waals surface area contributed by atoms with E-state index < -0.39 is 5.97 Å². The van der Waals surface area contributed by atoms with Crippen molar-refractivity contribution in [1.29, 1.82) is 0 Å². The monoisotopic (exact) mass is 240 g/mol. The Labute approximate surface area is 101 Å². The van der Waals surface area contributed by atoms with Crippen LogP contribution >= 0.6 is 0 Å². The molecule has 0 heterocycles. The van der Waals surface area contributed by atoms with Crippen LogP contribution in [-0.4, -0.2) is 29.7 Å². The Morgan fingerprint density at radius 2 is 2.06 bits per heavy atom. The van der Waals surface area contributed by atoms with Gasteiger partial charge in [0, 0.05) is 12.6 Å². The summed E-state index contributed by atoms with van der Waals surface area (Å²) in [4.78, 5) is 22.3.